The van der Waals surface area contributed by atoms with Gasteiger partial charge >= 0.3 is 25.8 Å². The molecule has 2 aromatic rings. The molecule has 0 amide bonds. The Labute approximate surface area is 127 Å². The molecule has 0 aliphatic rings. The first-order chi connectivity index (χ1) is 8.17. The summed E-state index contributed by atoms with van der Waals surface area (Å²) in [6.45, 7) is 1.93. The molecule has 18 heavy (non-hydrogen) atoms. The molecule has 96 valence electrons. The van der Waals surface area contributed by atoms with Crippen LogP contribution in [0.4, 0.5) is 11.4 Å². The van der Waals surface area contributed by atoms with E-state index in [1.165, 1.54) is 0 Å². The van der Waals surface area contributed by atoms with Gasteiger partial charge in [0.1, 0.15) is 0 Å². The molecule has 2 aromatic carbocycles. The normalized spacial score (nSPS) is 8.78. The van der Waals surface area contributed by atoms with Gasteiger partial charge in [-0.3, -0.25) is 0 Å². The number of aliphatic hydroxyl groups excluding tert-OH is 1. The van der Waals surface area contributed by atoms with Crippen LogP contribution in [0.5, 0.6) is 0 Å². The van der Waals surface area contributed by atoms with Crippen molar-refractivity contribution in [1.29, 1.82) is 0 Å². The number of hydrogen-bond acceptors (Lipinski definition) is 3. The Morgan fingerprint density at radius 2 is 1.00 bits per heavy atom. The molecular formula is C14H21InN2O. The molecule has 0 radical (unpaired) electrons. The number of hydrogen-bond donors (Lipinski definition) is 3. The summed E-state index contributed by atoms with van der Waals surface area (Å²) in [5.74, 6) is 0. The van der Waals surface area contributed by atoms with Crippen molar-refractivity contribution in [3.63, 3.8) is 0 Å². The summed E-state index contributed by atoms with van der Waals surface area (Å²) in [5, 5.41) is 7.57. The molecule has 0 aliphatic heterocycles. The van der Waals surface area contributed by atoms with Gasteiger partial charge < -0.3 is 16.6 Å². The van der Waals surface area contributed by atoms with Crippen molar-refractivity contribution in [2.75, 3.05) is 18.1 Å². The van der Waals surface area contributed by atoms with Crippen LogP contribution < -0.4 is 11.5 Å². The first-order valence-electron chi connectivity index (χ1n) is 5.49. The quantitative estimate of drug-likeness (QED) is 0.681. The van der Waals surface area contributed by atoms with Crippen molar-refractivity contribution in [2.24, 2.45) is 0 Å². The van der Waals surface area contributed by atoms with E-state index in [1.807, 2.05) is 48.5 Å². The van der Waals surface area contributed by atoms with E-state index in [-0.39, 0.29) is 32.5 Å². The number of aliphatic hydroxyl groups is 1. The fourth-order valence-electron chi connectivity index (χ4n) is 1.35. The number of nitrogen functional groups attached to an aromatic ring is 2. The predicted octanol–water partition coefficient (Wildman–Crippen LogP) is 1.33. The van der Waals surface area contributed by atoms with Gasteiger partial charge in [-0.05, 0) is 42.3 Å². The Kier molecular flexibility index (Phi) is 8.33. The first kappa shape index (κ1) is 16.9. The van der Waals surface area contributed by atoms with Crippen LogP contribution in [0.25, 0.3) is 11.1 Å². The number of nitrogens with two attached hydrogens (primary N) is 2. The van der Waals surface area contributed by atoms with E-state index in [9.17, 15) is 0 Å². The Morgan fingerprint density at radius 1 is 0.778 bits per heavy atom. The van der Waals surface area contributed by atoms with Crippen molar-refractivity contribution >= 4 is 37.2 Å². The van der Waals surface area contributed by atoms with Crippen LogP contribution in [0.1, 0.15) is 6.92 Å². The summed E-state index contributed by atoms with van der Waals surface area (Å²) >= 11 is 0. The summed E-state index contributed by atoms with van der Waals surface area (Å²) in [6.07, 6.45) is 0. The SMILES string of the molecule is CCO.Nc1ccc(-c2ccc(N)cc2)cc1.[InH3]. The van der Waals surface area contributed by atoms with Gasteiger partial charge in [0.25, 0.3) is 0 Å². The second-order valence-electron chi connectivity index (χ2n) is 3.56. The number of anilines is 2. The van der Waals surface area contributed by atoms with E-state index in [4.69, 9.17) is 16.6 Å². The number of benzene rings is 2. The van der Waals surface area contributed by atoms with E-state index < -0.39 is 0 Å². The molecule has 0 aliphatic carbocycles. The standard InChI is InChI=1S/C12H12N2.C2H6O.In.3H/c13-11-5-1-9(2-6-11)10-3-7-12(14)8-4-10;1-2-3;;;;/h1-8H,13-14H2;3H,2H2,1H3;;;;. The van der Waals surface area contributed by atoms with Crippen LogP contribution in [0, 0.1) is 0 Å². The first-order valence-corrected chi connectivity index (χ1v) is 5.49. The minimum atomic E-state index is 0. The van der Waals surface area contributed by atoms with Gasteiger partial charge in [-0.25, -0.2) is 0 Å². The summed E-state index contributed by atoms with van der Waals surface area (Å²) in [5.41, 5.74) is 15.1. The second kappa shape index (κ2) is 8.89. The Morgan fingerprint density at radius 3 is 1.22 bits per heavy atom. The van der Waals surface area contributed by atoms with Crippen LogP contribution in [0.2, 0.25) is 0 Å². The molecule has 0 atom stereocenters. The van der Waals surface area contributed by atoms with Crippen LogP contribution in [-0.4, -0.2) is 37.6 Å². The Balaban J connectivity index is 0.000000660. The molecular weight excluding hydrogens is 327 g/mol. The van der Waals surface area contributed by atoms with Crippen molar-refractivity contribution in [3.05, 3.63) is 48.5 Å². The van der Waals surface area contributed by atoms with E-state index in [1.54, 1.807) is 6.92 Å². The number of rotatable bonds is 1. The minimum absolute atomic E-state index is 0. The van der Waals surface area contributed by atoms with E-state index in [2.05, 4.69) is 0 Å². The third kappa shape index (κ3) is 5.47. The van der Waals surface area contributed by atoms with Gasteiger partial charge in [0.2, 0.25) is 0 Å². The van der Waals surface area contributed by atoms with E-state index in [0.717, 1.165) is 22.5 Å². The third-order valence-electron chi connectivity index (χ3n) is 2.15. The fourth-order valence-corrected chi connectivity index (χ4v) is 1.35. The average Bonchev–Trinajstić information content (AvgIpc) is 2.32. The zero-order valence-electron chi connectivity index (χ0n) is 9.93. The molecule has 4 heteroatoms. The molecule has 0 fully saturated rings. The molecule has 3 nitrogen and oxygen atoms in total. The zero-order valence-corrected chi connectivity index (χ0v) is 9.93. The van der Waals surface area contributed by atoms with Crippen molar-refractivity contribution in [3.8, 4) is 11.1 Å². The van der Waals surface area contributed by atoms with Gasteiger partial charge in [-0.1, -0.05) is 24.3 Å². The molecule has 2 rings (SSSR count). The van der Waals surface area contributed by atoms with E-state index in [0.29, 0.717) is 0 Å². The summed E-state index contributed by atoms with van der Waals surface area (Å²) in [7, 11) is 0. The van der Waals surface area contributed by atoms with Gasteiger partial charge in [0.05, 0.1) is 0 Å². The monoisotopic (exact) mass is 348 g/mol. The van der Waals surface area contributed by atoms with E-state index >= 15 is 0 Å². The Hall–Kier alpha value is -1.13. The molecule has 0 bridgehead atoms. The zero-order chi connectivity index (χ0) is 12.7. The van der Waals surface area contributed by atoms with Gasteiger partial charge in [0, 0.05) is 18.0 Å². The molecule has 0 unspecified atom stereocenters. The average molecular weight is 348 g/mol. The van der Waals surface area contributed by atoms with Crippen LogP contribution in [0.15, 0.2) is 48.5 Å². The van der Waals surface area contributed by atoms with Crippen molar-refractivity contribution in [2.45, 2.75) is 6.92 Å². The molecule has 0 saturated carbocycles. The molecule has 0 spiro atoms. The van der Waals surface area contributed by atoms with Crippen molar-refractivity contribution in [1.82, 2.24) is 0 Å². The Bertz CT molecular complexity index is 397. The van der Waals surface area contributed by atoms with Crippen LogP contribution in [0.3, 0.4) is 0 Å². The second-order valence-corrected chi connectivity index (χ2v) is 3.56. The molecule has 0 saturated heterocycles. The maximum atomic E-state index is 7.57. The molecule has 5 N–H and O–H groups in total. The summed E-state index contributed by atoms with van der Waals surface area (Å²) in [4.78, 5) is 0. The van der Waals surface area contributed by atoms with Crippen LogP contribution >= 0.6 is 0 Å². The predicted molar refractivity (Wildman–Crippen MR) is 83.4 cm³/mol. The maximum absolute atomic E-state index is 7.57. The van der Waals surface area contributed by atoms with Crippen molar-refractivity contribution < 1.29 is 5.11 Å². The molecule has 0 heterocycles. The van der Waals surface area contributed by atoms with Gasteiger partial charge in [-0.15, -0.1) is 0 Å². The summed E-state index contributed by atoms with van der Waals surface area (Å²) < 4.78 is 0. The van der Waals surface area contributed by atoms with Gasteiger partial charge in [0.15, 0.2) is 0 Å². The van der Waals surface area contributed by atoms with Gasteiger partial charge in [-0.2, -0.15) is 0 Å². The molecule has 0 aromatic heterocycles. The topological polar surface area (TPSA) is 72.3 Å². The third-order valence-corrected chi connectivity index (χ3v) is 2.15. The van der Waals surface area contributed by atoms with Crippen LogP contribution in [-0.2, 0) is 0 Å². The summed E-state index contributed by atoms with van der Waals surface area (Å²) in [6, 6.07) is 15.6. The fraction of sp³-hybridized carbons (Fsp3) is 0.143.